The average Bonchev–Trinajstić information content (AvgIpc) is 2.76. The zero-order chi connectivity index (χ0) is 12.3. The Labute approximate surface area is 104 Å². The molecule has 1 aliphatic heterocycles. The molecule has 1 atom stereocenters. The first-order valence-corrected chi connectivity index (χ1v) is 6.56. The Morgan fingerprint density at radius 2 is 2.24 bits per heavy atom. The molecular formula is C13H24N4. The van der Waals surface area contributed by atoms with Gasteiger partial charge in [-0.25, -0.2) is 0 Å². The van der Waals surface area contributed by atoms with Gasteiger partial charge < -0.3 is 5.32 Å². The van der Waals surface area contributed by atoms with Crippen molar-refractivity contribution in [1.29, 1.82) is 0 Å². The van der Waals surface area contributed by atoms with Crippen LogP contribution in [-0.4, -0.2) is 41.4 Å². The zero-order valence-electron chi connectivity index (χ0n) is 11.2. The molecule has 2 rings (SSSR count). The summed E-state index contributed by atoms with van der Waals surface area (Å²) in [5, 5.41) is 7.67. The van der Waals surface area contributed by atoms with Crippen LogP contribution in [0.1, 0.15) is 31.4 Å². The molecule has 1 saturated heterocycles. The molecule has 96 valence electrons. The highest BCUT2D eigenvalue weighted by Gasteiger charge is 2.19. The normalized spacial score (nSPS) is 19.8. The number of rotatable bonds is 4. The van der Waals surface area contributed by atoms with Gasteiger partial charge in [0, 0.05) is 31.4 Å². The highest BCUT2D eigenvalue weighted by atomic mass is 15.2. The molecule has 0 bridgehead atoms. The van der Waals surface area contributed by atoms with Gasteiger partial charge in [0.25, 0.3) is 0 Å². The van der Waals surface area contributed by atoms with Gasteiger partial charge in [-0.05, 0) is 45.8 Å². The van der Waals surface area contributed by atoms with E-state index in [1.807, 2.05) is 17.9 Å². The third-order valence-corrected chi connectivity index (χ3v) is 3.87. The minimum absolute atomic E-state index is 0.457. The van der Waals surface area contributed by atoms with Gasteiger partial charge in [0.05, 0.1) is 6.20 Å². The molecule has 2 heterocycles. The second-order valence-corrected chi connectivity index (χ2v) is 5.26. The predicted molar refractivity (Wildman–Crippen MR) is 69.8 cm³/mol. The van der Waals surface area contributed by atoms with Crippen molar-refractivity contribution in [3.63, 3.8) is 0 Å². The van der Waals surface area contributed by atoms with Crippen LogP contribution in [-0.2, 0) is 7.05 Å². The van der Waals surface area contributed by atoms with Crippen molar-refractivity contribution in [3.05, 3.63) is 18.0 Å². The number of hydrogen-bond acceptors (Lipinski definition) is 3. The van der Waals surface area contributed by atoms with Crippen LogP contribution >= 0.6 is 0 Å². The van der Waals surface area contributed by atoms with Crippen LogP contribution in [0.3, 0.4) is 0 Å². The molecule has 1 aromatic rings. The molecule has 1 aliphatic rings. The Balaban J connectivity index is 1.88. The second kappa shape index (κ2) is 5.65. The van der Waals surface area contributed by atoms with E-state index in [2.05, 4.69) is 35.5 Å². The largest absolute Gasteiger partial charge is 0.317 e. The maximum atomic E-state index is 4.25. The molecular weight excluding hydrogens is 212 g/mol. The van der Waals surface area contributed by atoms with Crippen LogP contribution in [0.2, 0.25) is 0 Å². The number of aryl methyl sites for hydroxylation is 1. The van der Waals surface area contributed by atoms with Crippen LogP contribution < -0.4 is 5.32 Å². The molecule has 0 saturated carbocycles. The molecule has 1 unspecified atom stereocenters. The highest BCUT2D eigenvalue weighted by molar-refractivity contribution is 5.09. The fourth-order valence-corrected chi connectivity index (χ4v) is 2.54. The second-order valence-electron chi connectivity index (χ2n) is 5.26. The SMILES string of the molecule is CC(c1cnn(C)c1)N(C)CC1CCNCC1. The summed E-state index contributed by atoms with van der Waals surface area (Å²) >= 11 is 0. The fourth-order valence-electron chi connectivity index (χ4n) is 2.54. The molecule has 0 aromatic carbocycles. The van der Waals surface area contributed by atoms with E-state index >= 15 is 0 Å². The van der Waals surface area contributed by atoms with E-state index in [0.29, 0.717) is 6.04 Å². The van der Waals surface area contributed by atoms with Gasteiger partial charge in [0.2, 0.25) is 0 Å². The van der Waals surface area contributed by atoms with Gasteiger partial charge in [-0.2, -0.15) is 5.10 Å². The average molecular weight is 236 g/mol. The van der Waals surface area contributed by atoms with E-state index in [4.69, 9.17) is 0 Å². The van der Waals surface area contributed by atoms with Crippen molar-refractivity contribution >= 4 is 0 Å². The van der Waals surface area contributed by atoms with Gasteiger partial charge >= 0.3 is 0 Å². The van der Waals surface area contributed by atoms with Gasteiger partial charge in [-0.1, -0.05) is 0 Å². The molecule has 0 radical (unpaired) electrons. The first-order valence-electron chi connectivity index (χ1n) is 6.56. The zero-order valence-corrected chi connectivity index (χ0v) is 11.2. The molecule has 1 N–H and O–H groups in total. The Morgan fingerprint density at radius 3 is 2.82 bits per heavy atom. The number of hydrogen-bond donors (Lipinski definition) is 1. The molecule has 0 aliphatic carbocycles. The lowest BCUT2D eigenvalue weighted by Gasteiger charge is -2.30. The molecule has 4 nitrogen and oxygen atoms in total. The molecule has 1 aromatic heterocycles. The first kappa shape index (κ1) is 12.6. The Hall–Kier alpha value is -0.870. The smallest absolute Gasteiger partial charge is 0.0537 e. The Kier molecular flexibility index (Phi) is 4.18. The van der Waals surface area contributed by atoms with Crippen LogP contribution in [0.25, 0.3) is 0 Å². The maximum absolute atomic E-state index is 4.25. The third kappa shape index (κ3) is 3.30. The van der Waals surface area contributed by atoms with E-state index in [9.17, 15) is 0 Å². The number of nitrogens with one attached hydrogen (secondary N) is 1. The topological polar surface area (TPSA) is 33.1 Å². The van der Waals surface area contributed by atoms with E-state index in [1.54, 1.807) is 0 Å². The lowest BCUT2D eigenvalue weighted by Crippen LogP contribution is -2.35. The van der Waals surface area contributed by atoms with E-state index in [1.165, 1.54) is 38.0 Å². The summed E-state index contributed by atoms with van der Waals surface area (Å²) in [6, 6.07) is 0.457. The first-order chi connectivity index (χ1) is 8.16. The van der Waals surface area contributed by atoms with Crippen LogP contribution in [0.5, 0.6) is 0 Å². The van der Waals surface area contributed by atoms with Gasteiger partial charge in [-0.3, -0.25) is 9.58 Å². The lowest BCUT2D eigenvalue weighted by atomic mass is 9.97. The Morgan fingerprint density at radius 1 is 1.53 bits per heavy atom. The van der Waals surface area contributed by atoms with Gasteiger partial charge in [0.1, 0.15) is 0 Å². The van der Waals surface area contributed by atoms with Crippen LogP contribution in [0, 0.1) is 5.92 Å². The minimum Gasteiger partial charge on any atom is -0.317 e. The molecule has 0 amide bonds. The minimum atomic E-state index is 0.457. The summed E-state index contributed by atoms with van der Waals surface area (Å²) in [5.74, 6) is 0.848. The van der Waals surface area contributed by atoms with E-state index in [-0.39, 0.29) is 0 Å². The van der Waals surface area contributed by atoms with Gasteiger partial charge in [0.15, 0.2) is 0 Å². The molecule has 4 heteroatoms. The van der Waals surface area contributed by atoms with Crippen molar-refractivity contribution < 1.29 is 0 Å². The van der Waals surface area contributed by atoms with Crippen molar-refractivity contribution in [2.24, 2.45) is 13.0 Å². The molecule has 0 spiro atoms. The standard InChI is InChI=1S/C13H24N4/c1-11(13-8-15-17(3)10-13)16(2)9-12-4-6-14-7-5-12/h8,10-12,14H,4-7,9H2,1-3H3. The van der Waals surface area contributed by atoms with E-state index in [0.717, 1.165) is 5.92 Å². The van der Waals surface area contributed by atoms with Crippen molar-refractivity contribution in [1.82, 2.24) is 20.0 Å². The summed E-state index contributed by atoms with van der Waals surface area (Å²) in [6.07, 6.45) is 6.71. The fraction of sp³-hybridized carbons (Fsp3) is 0.769. The van der Waals surface area contributed by atoms with Crippen molar-refractivity contribution in [2.75, 3.05) is 26.7 Å². The lowest BCUT2D eigenvalue weighted by molar-refractivity contribution is 0.196. The molecule has 17 heavy (non-hydrogen) atoms. The molecule has 1 fully saturated rings. The number of piperidine rings is 1. The highest BCUT2D eigenvalue weighted by Crippen LogP contribution is 2.21. The van der Waals surface area contributed by atoms with Crippen molar-refractivity contribution in [3.8, 4) is 0 Å². The predicted octanol–water partition coefficient (Wildman–Crippen LogP) is 1.41. The summed E-state index contributed by atoms with van der Waals surface area (Å²) in [6.45, 7) is 5.81. The number of aromatic nitrogens is 2. The Bertz CT molecular complexity index is 341. The quantitative estimate of drug-likeness (QED) is 0.858. The maximum Gasteiger partial charge on any atom is 0.0537 e. The van der Waals surface area contributed by atoms with Crippen LogP contribution in [0.15, 0.2) is 12.4 Å². The summed E-state index contributed by atoms with van der Waals surface area (Å²) in [4.78, 5) is 2.45. The number of nitrogens with zero attached hydrogens (tertiary/aromatic N) is 3. The van der Waals surface area contributed by atoms with Crippen LogP contribution in [0.4, 0.5) is 0 Å². The van der Waals surface area contributed by atoms with Gasteiger partial charge in [-0.15, -0.1) is 0 Å². The summed E-state index contributed by atoms with van der Waals surface area (Å²) < 4.78 is 1.88. The summed E-state index contributed by atoms with van der Waals surface area (Å²) in [7, 11) is 4.20. The summed E-state index contributed by atoms with van der Waals surface area (Å²) in [5.41, 5.74) is 1.31. The van der Waals surface area contributed by atoms with Crippen molar-refractivity contribution in [2.45, 2.75) is 25.8 Å². The monoisotopic (exact) mass is 236 g/mol. The third-order valence-electron chi connectivity index (χ3n) is 3.87. The van der Waals surface area contributed by atoms with E-state index < -0.39 is 0 Å².